The minimum Gasteiger partial charge on any atom is -0.493 e. The van der Waals surface area contributed by atoms with Gasteiger partial charge in [-0.05, 0) is 70.6 Å². The lowest BCUT2D eigenvalue weighted by Gasteiger charge is -2.38. The van der Waals surface area contributed by atoms with Gasteiger partial charge in [-0.25, -0.2) is 0 Å². The third kappa shape index (κ3) is 5.38. The highest BCUT2D eigenvalue weighted by Crippen LogP contribution is 2.43. The van der Waals surface area contributed by atoms with Crippen molar-refractivity contribution in [1.82, 2.24) is 4.90 Å². The number of carbonyl (C=O) groups is 1. The first-order valence-electron chi connectivity index (χ1n) is 13.2. The van der Waals surface area contributed by atoms with Crippen LogP contribution in [-0.4, -0.2) is 45.8 Å². The fourth-order valence-electron chi connectivity index (χ4n) is 5.21. The lowest BCUT2D eigenvalue weighted by molar-refractivity contribution is 0.0694. The lowest BCUT2D eigenvalue weighted by atomic mass is 9.87. The topological polar surface area (TPSA) is 57.2 Å². The Morgan fingerprint density at radius 3 is 1.95 bits per heavy atom. The number of methoxy groups -OCH3 is 4. The second-order valence-corrected chi connectivity index (χ2v) is 9.54. The summed E-state index contributed by atoms with van der Waals surface area (Å²) in [5.74, 6) is 2.49. The van der Waals surface area contributed by atoms with Crippen LogP contribution in [0.25, 0.3) is 12.2 Å². The summed E-state index contributed by atoms with van der Waals surface area (Å²) in [5, 5.41) is 0. The molecule has 6 nitrogen and oxygen atoms in total. The van der Waals surface area contributed by atoms with E-state index in [2.05, 4.69) is 18.2 Å². The lowest BCUT2D eigenvalue weighted by Crippen LogP contribution is -2.40. The maximum Gasteiger partial charge on any atom is 0.254 e. The van der Waals surface area contributed by atoms with Crippen LogP contribution in [0.4, 0.5) is 0 Å². The number of fused-ring (bicyclic) bond motifs is 1. The molecule has 6 heteroatoms. The van der Waals surface area contributed by atoms with E-state index in [0.717, 1.165) is 27.8 Å². The minimum absolute atomic E-state index is 0.0428. The minimum atomic E-state index is -0.353. The predicted octanol–water partition coefficient (Wildman–Crippen LogP) is 6.68. The number of carbonyl (C=O) groups excluding carboxylic acids is 1. The average Bonchev–Trinajstić information content (AvgIpc) is 3.02. The van der Waals surface area contributed by atoms with E-state index in [1.54, 1.807) is 28.4 Å². The van der Waals surface area contributed by atoms with E-state index in [4.69, 9.17) is 18.9 Å². The molecule has 0 N–H and O–H groups in total. The van der Waals surface area contributed by atoms with E-state index in [9.17, 15) is 4.79 Å². The number of amides is 1. The molecule has 4 aromatic carbocycles. The number of hydrogen-bond donors (Lipinski definition) is 0. The van der Waals surface area contributed by atoms with Gasteiger partial charge in [-0.15, -0.1) is 0 Å². The van der Waals surface area contributed by atoms with Gasteiger partial charge in [0.2, 0.25) is 0 Å². The van der Waals surface area contributed by atoms with Crippen molar-refractivity contribution in [2.24, 2.45) is 0 Å². The molecule has 0 saturated carbocycles. The number of benzene rings is 4. The summed E-state index contributed by atoms with van der Waals surface area (Å²) in [7, 11) is 6.48. The van der Waals surface area contributed by atoms with Gasteiger partial charge in [0.25, 0.3) is 5.91 Å². The fraction of sp³-hybridized carbons (Fsp3) is 0.206. The molecule has 1 aliphatic rings. The highest BCUT2D eigenvalue weighted by atomic mass is 16.5. The van der Waals surface area contributed by atoms with Gasteiger partial charge in [-0.3, -0.25) is 4.79 Å². The molecule has 1 atom stereocenters. The Morgan fingerprint density at radius 2 is 1.30 bits per heavy atom. The normalized spacial score (nSPS) is 14.5. The zero-order valence-corrected chi connectivity index (χ0v) is 23.2. The summed E-state index contributed by atoms with van der Waals surface area (Å²) in [4.78, 5) is 16.0. The Kier molecular flexibility index (Phi) is 8.06. The molecule has 0 aromatic heterocycles. The number of hydrogen-bond acceptors (Lipinski definition) is 5. The van der Waals surface area contributed by atoms with Crippen molar-refractivity contribution >= 4 is 18.1 Å². The molecule has 1 heterocycles. The van der Waals surface area contributed by atoms with Crippen molar-refractivity contribution < 1.29 is 23.7 Å². The van der Waals surface area contributed by atoms with Gasteiger partial charge >= 0.3 is 0 Å². The van der Waals surface area contributed by atoms with E-state index >= 15 is 0 Å². The summed E-state index contributed by atoms with van der Waals surface area (Å²) in [5.41, 5.74) is 5.81. The van der Waals surface area contributed by atoms with E-state index in [1.807, 2.05) is 83.8 Å². The van der Waals surface area contributed by atoms with Crippen molar-refractivity contribution in [2.45, 2.75) is 12.5 Å². The Balaban J connectivity index is 1.52. The summed E-state index contributed by atoms with van der Waals surface area (Å²) in [6.45, 7) is 0.552. The van der Waals surface area contributed by atoms with Crippen LogP contribution in [0.2, 0.25) is 0 Å². The number of ether oxygens (including phenoxy) is 4. The molecule has 0 fully saturated rings. The van der Waals surface area contributed by atoms with Gasteiger partial charge in [-0.2, -0.15) is 0 Å². The van der Waals surface area contributed by atoms with Crippen LogP contribution in [0.3, 0.4) is 0 Å². The zero-order valence-electron chi connectivity index (χ0n) is 23.2. The summed E-state index contributed by atoms with van der Waals surface area (Å²) >= 11 is 0. The highest BCUT2D eigenvalue weighted by molar-refractivity contribution is 5.95. The third-order valence-electron chi connectivity index (χ3n) is 7.28. The molecule has 0 radical (unpaired) electrons. The molecular formula is C34H33NO5. The van der Waals surface area contributed by atoms with Crippen LogP contribution in [0, 0.1) is 0 Å². The quantitative estimate of drug-likeness (QED) is 0.236. The maximum atomic E-state index is 14.0. The molecule has 0 bridgehead atoms. The van der Waals surface area contributed by atoms with Gasteiger partial charge in [0.15, 0.2) is 23.0 Å². The van der Waals surface area contributed by atoms with Crippen molar-refractivity contribution in [3.63, 3.8) is 0 Å². The first kappa shape index (κ1) is 26.9. The molecule has 40 heavy (non-hydrogen) atoms. The van der Waals surface area contributed by atoms with Crippen LogP contribution in [0.1, 0.15) is 44.2 Å². The van der Waals surface area contributed by atoms with Crippen LogP contribution in [0.15, 0.2) is 84.9 Å². The molecule has 0 spiro atoms. The van der Waals surface area contributed by atoms with Crippen LogP contribution in [-0.2, 0) is 6.42 Å². The van der Waals surface area contributed by atoms with Gasteiger partial charge in [0.05, 0.1) is 34.5 Å². The molecule has 1 aliphatic heterocycles. The maximum absolute atomic E-state index is 14.0. The van der Waals surface area contributed by atoms with Crippen LogP contribution >= 0.6 is 0 Å². The molecular weight excluding hydrogens is 502 g/mol. The van der Waals surface area contributed by atoms with Crippen molar-refractivity contribution in [2.75, 3.05) is 35.0 Å². The zero-order chi connectivity index (χ0) is 28.1. The van der Waals surface area contributed by atoms with Gasteiger partial charge in [-0.1, -0.05) is 60.7 Å². The van der Waals surface area contributed by atoms with E-state index < -0.39 is 0 Å². The highest BCUT2D eigenvalue weighted by Gasteiger charge is 2.34. The molecule has 0 saturated heterocycles. The molecule has 0 aliphatic carbocycles. The fourth-order valence-corrected chi connectivity index (χ4v) is 5.21. The van der Waals surface area contributed by atoms with E-state index in [1.165, 1.54) is 0 Å². The largest absolute Gasteiger partial charge is 0.493 e. The first-order chi connectivity index (χ1) is 19.6. The monoisotopic (exact) mass is 535 g/mol. The Hall–Kier alpha value is -4.71. The Morgan fingerprint density at radius 1 is 0.700 bits per heavy atom. The Bertz CT molecular complexity index is 1510. The smallest absolute Gasteiger partial charge is 0.254 e. The standard InChI is InChI=1S/C34H33NO5/c1-37-29-17-16-27(21-30(29)38-2)33-28-22-32(40-4)31(39-3)20-26(28)18-19-35(33)34(36)25-14-12-24(13-15-25)11-10-23-8-6-5-7-9-23/h5-17,20-22,33H,18-19H2,1-4H3/b11-10+. The predicted molar refractivity (Wildman–Crippen MR) is 157 cm³/mol. The van der Waals surface area contributed by atoms with E-state index in [0.29, 0.717) is 41.5 Å². The van der Waals surface area contributed by atoms with Crippen molar-refractivity contribution in [3.8, 4) is 23.0 Å². The van der Waals surface area contributed by atoms with Crippen molar-refractivity contribution in [3.05, 3.63) is 118 Å². The summed E-state index contributed by atoms with van der Waals surface area (Å²) in [6, 6.07) is 27.3. The van der Waals surface area contributed by atoms with Crippen LogP contribution in [0.5, 0.6) is 23.0 Å². The van der Waals surface area contributed by atoms with E-state index in [-0.39, 0.29) is 11.9 Å². The van der Waals surface area contributed by atoms with Gasteiger partial charge in [0, 0.05) is 12.1 Å². The molecule has 1 amide bonds. The first-order valence-corrected chi connectivity index (χ1v) is 13.2. The number of nitrogens with zero attached hydrogens (tertiary/aromatic N) is 1. The van der Waals surface area contributed by atoms with Crippen molar-refractivity contribution in [1.29, 1.82) is 0 Å². The van der Waals surface area contributed by atoms with Gasteiger partial charge in [0.1, 0.15) is 0 Å². The molecule has 4 aromatic rings. The molecule has 204 valence electrons. The molecule has 5 rings (SSSR count). The van der Waals surface area contributed by atoms with Crippen LogP contribution < -0.4 is 18.9 Å². The SMILES string of the molecule is COc1ccc(C2c3cc(OC)c(OC)cc3CCN2C(=O)c2ccc(/C=C/c3ccccc3)cc2)cc1OC. The second kappa shape index (κ2) is 12.0. The summed E-state index contributed by atoms with van der Waals surface area (Å²) < 4.78 is 22.3. The third-order valence-corrected chi connectivity index (χ3v) is 7.28. The summed E-state index contributed by atoms with van der Waals surface area (Å²) in [6.07, 6.45) is 4.81. The number of rotatable bonds is 8. The molecule has 1 unspecified atom stereocenters. The van der Waals surface area contributed by atoms with Gasteiger partial charge < -0.3 is 23.8 Å². The average molecular weight is 536 g/mol. The second-order valence-electron chi connectivity index (χ2n) is 9.54. The Labute approximate surface area is 235 Å².